The molecule has 0 unspecified atom stereocenters. The minimum absolute atomic E-state index is 0.0367. The number of hydrogen-bond donors (Lipinski definition) is 1. The molecule has 0 aliphatic carbocycles. The van der Waals surface area contributed by atoms with Gasteiger partial charge in [0.05, 0.1) is 0 Å². The fraction of sp³-hybridized carbons (Fsp3) is 0.333. The number of nitrogens with zero attached hydrogens (tertiary/aromatic N) is 3. The van der Waals surface area contributed by atoms with Gasteiger partial charge in [0, 0.05) is 38.1 Å². The summed E-state index contributed by atoms with van der Waals surface area (Å²) in [6.07, 6.45) is 1.88. The van der Waals surface area contributed by atoms with Gasteiger partial charge in [-0.15, -0.1) is 0 Å². The van der Waals surface area contributed by atoms with Gasteiger partial charge < -0.3 is 15.1 Å². The molecule has 3 rings (SSSR count). The summed E-state index contributed by atoms with van der Waals surface area (Å²) >= 11 is 0. The molecule has 0 bridgehead atoms. The summed E-state index contributed by atoms with van der Waals surface area (Å²) < 4.78 is 0. The minimum atomic E-state index is -0.0367. The first-order valence-corrected chi connectivity index (χ1v) is 7.92. The molecule has 5 heteroatoms. The number of carbonyl (C=O) groups excluding carboxylic acids is 1. The van der Waals surface area contributed by atoms with Crippen molar-refractivity contribution in [3.63, 3.8) is 0 Å². The average Bonchev–Trinajstić information content (AvgIpc) is 2.58. The van der Waals surface area contributed by atoms with Crippen LogP contribution in [0.1, 0.15) is 11.1 Å². The Morgan fingerprint density at radius 1 is 0.957 bits per heavy atom. The van der Waals surface area contributed by atoms with Crippen molar-refractivity contribution >= 4 is 17.5 Å². The van der Waals surface area contributed by atoms with E-state index in [1.807, 2.05) is 55.3 Å². The second kappa shape index (κ2) is 6.69. The zero-order valence-electron chi connectivity index (χ0n) is 13.6. The number of hydrogen-bond acceptors (Lipinski definition) is 3. The zero-order chi connectivity index (χ0) is 16.2. The third-order valence-electron chi connectivity index (χ3n) is 4.09. The van der Waals surface area contributed by atoms with Crippen molar-refractivity contribution in [2.75, 3.05) is 36.4 Å². The van der Waals surface area contributed by atoms with Crippen LogP contribution < -0.4 is 10.2 Å². The molecule has 1 N–H and O–H groups in total. The number of nitrogens with one attached hydrogen (secondary N) is 1. The largest absolute Gasteiger partial charge is 0.353 e. The van der Waals surface area contributed by atoms with E-state index in [1.165, 1.54) is 5.56 Å². The van der Waals surface area contributed by atoms with E-state index in [0.717, 1.165) is 30.2 Å². The van der Waals surface area contributed by atoms with E-state index in [2.05, 4.69) is 21.3 Å². The van der Waals surface area contributed by atoms with Gasteiger partial charge in [0.25, 0.3) is 0 Å². The van der Waals surface area contributed by atoms with Crippen LogP contribution in [0.2, 0.25) is 0 Å². The highest BCUT2D eigenvalue weighted by atomic mass is 16.2. The summed E-state index contributed by atoms with van der Waals surface area (Å²) in [6.45, 7) is 7.07. The summed E-state index contributed by atoms with van der Waals surface area (Å²) in [7, 11) is 0. The molecular formula is C18H22N4O. The summed E-state index contributed by atoms with van der Waals surface area (Å²) in [5, 5.41) is 2.95. The van der Waals surface area contributed by atoms with Gasteiger partial charge in [0.2, 0.25) is 0 Å². The normalized spacial score (nSPS) is 14.7. The Morgan fingerprint density at radius 2 is 1.61 bits per heavy atom. The molecule has 0 spiro atoms. The fourth-order valence-corrected chi connectivity index (χ4v) is 2.63. The number of amides is 2. The predicted molar refractivity (Wildman–Crippen MR) is 93.0 cm³/mol. The number of anilines is 2. The average molecular weight is 310 g/mol. The van der Waals surface area contributed by atoms with Gasteiger partial charge >= 0.3 is 6.03 Å². The van der Waals surface area contributed by atoms with Crippen molar-refractivity contribution in [3.8, 4) is 0 Å². The predicted octanol–water partition coefficient (Wildman–Crippen LogP) is 3.05. The second-order valence-corrected chi connectivity index (χ2v) is 5.96. The molecule has 2 aromatic rings. The molecule has 2 amide bonds. The highest BCUT2D eigenvalue weighted by Gasteiger charge is 2.21. The van der Waals surface area contributed by atoms with Gasteiger partial charge in [-0.05, 0) is 37.6 Å². The van der Waals surface area contributed by atoms with Crippen LogP contribution in [0.4, 0.5) is 16.3 Å². The van der Waals surface area contributed by atoms with E-state index in [0.29, 0.717) is 13.1 Å². The van der Waals surface area contributed by atoms with Crippen LogP contribution in [0.5, 0.6) is 0 Å². The molecule has 2 heterocycles. The van der Waals surface area contributed by atoms with Gasteiger partial charge in [-0.2, -0.15) is 0 Å². The monoisotopic (exact) mass is 310 g/mol. The molecule has 1 aliphatic rings. The number of aryl methyl sites for hydroxylation is 2. The van der Waals surface area contributed by atoms with Crippen LogP contribution in [0.15, 0.2) is 42.6 Å². The van der Waals surface area contributed by atoms with Crippen molar-refractivity contribution in [2.24, 2.45) is 0 Å². The van der Waals surface area contributed by atoms with Gasteiger partial charge in [-0.1, -0.05) is 23.8 Å². The van der Waals surface area contributed by atoms with E-state index >= 15 is 0 Å². The topological polar surface area (TPSA) is 48.5 Å². The Labute approximate surface area is 136 Å². The third-order valence-corrected chi connectivity index (χ3v) is 4.09. The first-order valence-electron chi connectivity index (χ1n) is 7.92. The molecule has 1 saturated heterocycles. The fourth-order valence-electron chi connectivity index (χ4n) is 2.63. The molecule has 5 nitrogen and oxygen atoms in total. The Hall–Kier alpha value is -2.56. The first kappa shape index (κ1) is 15.3. The highest BCUT2D eigenvalue weighted by Crippen LogP contribution is 2.15. The Kier molecular flexibility index (Phi) is 4.46. The van der Waals surface area contributed by atoms with Crippen molar-refractivity contribution < 1.29 is 4.79 Å². The van der Waals surface area contributed by atoms with Crippen LogP contribution in [0.3, 0.4) is 0 Å². The Balaban J connectivity index is 1.54. The van der Waals surface area contributed by atoms with Crippen molar-refractivity contribution in [1.29, 1.82) is 0 Å². The maximum atomic E-state index is 12.3. The van der Waals surface area contributed by atoms with Crippen LogP contribution in [-0.4, -0.2) is 42.1 Å². The van der Waals surface area contributed by atoms with Crippen LogP contribution in [-0.2, 0) is 0 Å². The van der Waals surface area contributed by atoms with Crippen molar-refractivity contribution in [2.45, 2.75) is 13.8 Å². The summed E-state index contributed by atoms with van der Waals surface area (Å²) in [4.78, 5) is 20.8. The standard InChI is InChI=1S/C18H22N4O/c1-14-3-6-16(7-4-14)20-18(23)22-11-9-21(10-12-22)17-8-5-15(2)13-19-17/h3-8,13H,9-12H2,1-2H3,(H,20,23). The minimum Gasteiger partial charge on any atom is -0.353 e. The molecule has 0 saturated carbocycles. The lowest BCUT2D eigenvalue weighted by Crippen LogP contribution is -2.50. The number of benzene rings is 1. The summed E-state index contributed by atoms with van der Waals surface area (Å²) in [6, 6.07) is 11.9. The summed E-state index contributed by atoms with van der Waals surface area (Å²) in [5.41, 5.74) is 3.18. The lowest BCUT2D eigenvalue weighted by Gasteiger charge is -2.35. The molecule has 1 fully saturated rings. The first-order chi connectivity index (χ1) is 11.1. The quantitative estimate of drug-likeness (QED) is 0.927. The highest BCUT2D eigenvalue weighted by molar-refractivity contribution is 5.89. The molecular weight excluding hydrogens is 288 g/mol. The second-order valence-electron chi connectivity index (χ2n) is 5.96. The van der Waals surface area contributed by atoms with E-state index < -0.39 is 0 Å². The lowest BCUT2D eigenvalue weighted by atomic mass is 10.2. The van der Waals surface area contributed by atoms with Gasteiger partial charge in [0.1, 0.15) is 5.82 Å². The number of pyridine rings is 1. The Morgan fingerprint density at radius 3 is 2.22 bits per heavy atom. The van der Waals surface area contributed by atoms with E-state index in [9.17, 15) is 4.79 Å². The summed E-state index contributed by atoms with van der Waals surface area (Å²) in [5.74, 6) is 0.981. The molecule has 1 aromatic carbocycles. The number of aromatic nitrogens is 1. The molecule has 0 radical (unpaired) electrons. The maximum Gasteiger partial charge on any atom is 0.321 e. The van der Waals surface area contributed by atoms with Crippen molar-refractivity contribution in [1.82, 2.24) is 9.88 Å². The zero-order valence-corrected chi connectivity index (χ0v) is 13.6. The van der Waals surface area contributed by atoms with E-state index in [1.54, 1.807) is 0 Å². The maximum absolute atomic E-state index is 12.3. The van der Waals surface area contributed by atoms with Gasteiger partial charge in [-0.25, -0.2) is 9.78 Å². The molecule has 0 atom stereocenters. The number of rotatable bonds is 2. The Bertz CT molecular complexity index is 658. The number of piperazine rings is 1. The SMILES string of the molecule is Cc1ccc(NC(=O)N2CCN(c3ccc(C)cn3)CC2)cc1. The van der Waals surface area contributed by atoms with Crippen LogP contribution >= 0.6 is 0 Å². The molecule has 1 aliphatic heterocycles. The molecule has 23 heavy (non-hydrogen) atoms. The third kappa shape index (κ3) is 3.80. The van der Waals surface area contributed by atoms with Gasteiger partial charge in [0.15, 0.2) is 0 Å². The lowest BCUT2D eigenvalue weighted by molar-refractivity contribution is 0.208. The van der Waals surface area contributed by atoms with Crippen molar-refractivity contribution in [3.05, 3.63) is 53.7 Å². The van der Waals surface area contributed by atoms with Crippen LogP contribution in [0.25, 0.3) is 0 Å². The number of urea groups is 1. The van der Waals surface area contributed by atoms with E-state index in [-0.39, 0.29) is 6.03 Å². The van der Waals surface area contributed by atoms with Gasteiger partial charge in [-0.3, -0.25) is 0 Å². The molecule has 120 valence electrons. The van der Waals surface area contributed by atoms with E-state index in [4.69, 9.17) is 0 Å². The number of carbonyl (C=O) groups is 1. The smallest absolute Gasteiger partial charge is 0.321 e. The van der Waals surface area contributed by atoms with Crippen LogP contribution in [0, 0.1) is 13.8 Å². The molecule has 1 aromatic heterocycles.